The van der Waals surface area contributed by atoms with Crippen molar-refractivity contribution in [2.24, 2.45) is 10.9 Å². The molecular formula is C19H28IN5O. The second kappa shape index (κ2) is 10.5. The Bertz CT molecular complexity index is 684. The van der Waals surface area contributed by atoms with Gasteiger partial charge in [0.25, 0.3) is 0 Å². The average Bonchev–Trinajstić information content (AvgIpc) is 3.35. The monoisotopic (exact) mass is 469 g/mol. The van der Waals surface area contributed by atoms with E-state index in [-0.39, 0.29) is 24.0 Å². The first-order valence-corrected chi connectivity index (χ1v) is 8.85. The van der Waals surface area contributed by atoms with Gasteiger partial charge in [0.15, 0.2) is 5.96 Å². The first-order valence-electron chi connectivity index (χ1n) is 8.85. The highest BCUT2D eigenvalue weighted by atomic mass is 127. The highest BCUT2D eigenvalue weighted by molar-refractivity contribution is 14.0. The fourth-order valence-electron chi connectivity index (χ4n) is 2.67. The number of hydrogen-bond acceptors (Lipinski definition) is 3. The molecule has 26 heavy (non-hydrogen) atoms. The van der Waals surface area contributed by atoms with Gasteiger partial charge in [-0.1, -0.05) is 18.2 Å². The van der Waals surface area contributed by atoms with Crippen molar-refractivity contribution in [3.8, 4) is 5.69 Å². The van der Waals surface area contributed by atoms with E-state index < -0.39 is 0 Å². The normalized spacial score (nSPS) is 14.0. The summed E-state index contributed by atoms with van der Waals surface area (Å²) in [6.45, 7) is 3.13. The number of para-hydroxylation sites is 1. The minimum Gasteiger partial charge on any atom is -0.379 e. The van der Waals surface area contributed by atoms with Gasteiger partial charge in [-0.25, -0.2) is 4.68 Å². The van der Waals surface area contributed by atoms with Gasteiger partial charge in [-0.05, 0) is 30.9 Å². The number of aromatic nitrogens is 2. The van der Waals surface area contributed by atoms with E-state index in [2.05, 4.69) is 26.5 Å². The van der Waals surface area contributed by atoms with Crippen LogP contribution in [0.15, 0.2) is 47.7 Å². The van der Waals surface area contributed by atoms with Crippen molar-refractivity contribution in [1.29, 1.82) is 0 Å². The largest absolute Gasteiger partial charge is 0.379 e. The molecule has 6 nitrogen and oxygen atoms in total. The molecule has 142 valence electrons. The minimum absolute atomic E-state index is 0. The molecule has 1 aromatic carbocycles. The number of rotatable bonds is 8. The molecule has 7 heteroatoms. The molecule has 2 aromatic rings. The first-order chi connectivity index (χ1) is 12.3. The van der Waals surface area contributed by atoms with Crippen LogP contribution in [0.2, 0.25) is 0 Å². The number of ether oxygens (including phenoxy) is 1. The standard InChI is InChI=1S/C19H27N5O.HI/c1-20-19(21-10-11-25-15-16-8-9-16)23(2)13-17-12-22-24(14-17)18-6-4-3-5-7-18;/h3-7,12,14,16H,8-11,13,15H2,1-2H3,(H,20,21);1H. The van der Waals surface area contributed by atoms with Gasteiger partial charge in [0, 0.05) is 45.6 Å². The number of guanidine groups is 1. The molecule has 0 aliphatic heterocycles. The van der Waals surface area contributed by atoms with Gasteiger partial charge >= 0.3 is 0 Å². The van der Waals surface area contributed by atoms with Crippen molar-refractivity contribution in [3.05, 3.63) is 48.3 Å². The molecule has 1 aromatic heterocycles. The van der Waals surface area contributed by atoms with E-state index >= 15 is 0 Å². The lowest BCUT2D eigenvalue weighted by Gasteiger charge is -2.21. The fraction of sp³-hybridized carbons (Fsp3) is 0.474. The van der Waals surface area contributed by atoms with Crippen LogP contribution in [0.25, 0.3) is 5.69 Å². The summed E-state index contributed by atoms with van der Waals surface area (Å²) < 4.78 is 7.55. The topological polar surface area (TPSA) is 54.7 Å². The van der Waals surface area contributed by atoms with Gasteiger partial charge in [0.1, 0.15) is 0 Å². The summed E-state index contributed by atoms with van der Waals surface area (Å²) in [4.78, 5) is 6.43. The van der Waals surface area contributed by atoms with Crippen molar-refractivity contribution in [2.75, 3.05) is 33.9 Å². The lowest BCUT2D eigenvalue weighted by molar-refractivity contribution is 0.128. The quantitative estimate of drug-likeness (QED) is 0.280. The van der Waals surface area contributed by atoms with Gasteiger partial charge in [0.05, 0.1) is 18.5 Å². The second-order valence-electron chi connectivity index (χ2n) is 6.48. The zero-order valence-electron chi connectivity index (χ0n) is 15.5. The van der Waals surface area contributed by atoms with Crippen LogP contribution in [0.1, 0.15) is 18.4 Å². The van der Waals surface area contributed by atoms with Gasteiger partial charge in [-0.2, -0.15) is 5.10 Å². The van der Waals surface area contributed by atoms with Crippen LogP contribution in [-0.2, 0) is 11.3 Å². The van der Waals surface area contributed by atoms with Crippen molar-refractivity contribution < 1.29 is 4.74 Å². The molecule has 0 bridgehead atoms. The van der Waals surface area contributed by atoms with E-state index in [0.29, 0.717) is 0 Å². The Balaban J connectivity index is 0.00000243. The zero-order valence-corrected chi connectivity index (χ0v) is 17.8. The summed E-state index contributed by atoms with van der Waals surface area (Å²) in [5.74, 6) is 1.67. The highest BCUT2D eigenvalue weighted by Crippen LogP contribution is 2.28. The summed E-state index contributed by atoms with van der Waals surface area (Å²) in [5, 5.41) is 7.79. The fourth-order valence-corrected chi connectivity index (χ4v) is 2.67. The van der Waals surface area contributed by atoms with E-state index in [1.54, 1.807) is 7.05 Å². The van der Waals surface area contributed by atoms with Crippen molar-refractivity contribution >= 4 is 29.9 Å². The number of hydrogen-bond donors (Lipinski definition) is 1. The maximum Gasteiger partial charge on any atom is 0.193 e. The van der Waals surface area contributed by atoms with Crippen LogP contribution in [0.3, 0.4) is 0 Å². The number of benzene rings is 1. The van der Waals surface area contributed by atoms with Gasteiger partial charge < -0.3 is 15.0 Å². The van der Waals surface area contributed by atoms with E-state index in [1.165, 1.54) is 12.8 Å². The number of aliphatic imine (C=N–C) groups is 1. The maximum absolute atomic E-state index is 5.65. The molecule has 1 heterocycles. The predicted molar refractivity (Wildman–Crippen MR) is 115 cm³/mol. The molecule has 0 saturated heterocycles. The summed E-state index contributed by atoms with van der Waals surface area (Å²) in [6.07, 6.45) is 6.61. The third-order valence-corrected chi connectivity index (χ3v) is 4.23. The molecule has 3 rings (SSSR count). The third kappa shape index (κ3) is 6.28. The summed E-state index contributed by atoms with van der Waals surface area (Å²) in [6, 6.07) is 10.1. The minimum atomic E-state index is 0. The van der Waals surface area contributed by atoms with Crippen LogP contribution < -0.4 is 5.32 Å². The van der Waals surface area contributed by atoms with Crippen LogP contribution in [0, 0.1) is 5.92 Å². The average molecular weight is 469 g/mol. The van der Waals surface area contributed by atoms with Crippen LogP contribution >= 0.6 is 24.0 Å². The van der Waals surface area contributed by atoms with E-state index in [4.69, 9.17) is 4.74 Å². The lowest BCUT2D eigenvalue weighted by Crippen LogP contribution is -2.39. The molecule has 1 aliphatic carbocycles. The van der Waals surface area contributed by atoms with Gasteiger partial charge in [-0.15, -0.1) is 24.0 Å². The lowest BCUT2D eigenvalue weighted by atomic mass is 10.3. The maximum atomic E-state index is 5.65. The van der Waals surface area contributed by atoms with Crippen LogP contribution in [0.5, 0.6) is 0 Å². The Morgan fingerprint density at radius 1 is 1.35 bits per heavy atom. The van der Waals surface area contributed by atoms with Crippen LogP contribution in [0.4, 0.5) is 0 Å². The zero-order chi connectivity index (χ0) is 17.5. The van der Waals surface area contributed by atoms with Gasteiger partial charge in [0.2, 0.25) is 0 Å². The van der Waals surface area contributed by atoms with E-state index in [9.17, 15) is 0 Å². The Kier molecular flexibility index (Phi) is 8.37. The second-order valence-corrected chi connectivity index (χ2v) is 6.48. The number of nitrogens with one attached hydrogen (secondary N) is 1. The Labute approximate surface area is 172 Å². The van der Waals surface area contributed by atoms with E-state index in [0.717, 1.165) is 49.4 Å². The van der Waals surface area contributed by atoms with E-state index in [1.807, 2.05) is 48.3 Å². The summed E-state index contributed by atoms with van der Waals surface area (Å²) in [5.41, 5.74) is 2.20. The molecule has 1 aliphatic rings. The Morgan fingerprint density at radius 3 is 2.81 bits per heavy atom. The summed E-state index contributed by atoms with van der Waals surface area (Å²) in [7, 11) is 3.83. The van der Waals surface area contributed by atoms with Crippen molar-refractivity contribution in [1.82, 2.24) is 20.0 Å². The molecule has 1 saturated carbocycles. The Morgan fingerprint density at radius 2 is 2.12 bits per heavy atom. The van der Waals surface area contributed by atoms with Crippen LogP contribution in [-0.4, -0.2) is 54.5 Å². The predicted octanol–water partition coefficient (Wildman–Crippen LogP) is 2.92. The molecular weight excluding hydrogens is 441 g/mol. The molecule has 0 unspecified atom stereocenters. The first kappa shape index (κ1) is 20.7. The third-order valence-electron chi connectivity index (χ3n) is 4.23. The molecule has 1 N–H and O–H groups in total. The number of nitrogens with zero attached hydrogens (tertiary/aromatic N) is 4. The van der Waals surface area contributed by atoms with Crippen molar-refractivity contribution in [2.45, 2.75) is 19.4 Å². The molecule has 0 amide bonds. The SMILES string of the molecule is CN=C(NCCOCC1CC1)N(C)Cc1cnn(-c2ccccc2)c1.I. The van der Waals surface area contributed by atoms with Crippen molar-refractivity contribution in [3.63, 3.8) is 0 Å². The molecule has 1 fully saturated rings. The summed E-state index contributed by atoms with van der Waals surface area (Å²) >= 11 is 0. The molecule has 0 atom stereocenters. The smallest absolute Gasteiger partial charge is 0.193 e. The molecule has 0 radical (unpaired) electrons. The number of halogens is 1. The van der Waals surface area contributed by atoms with Gasteiger partial charge in [-0.3, -0.25) is 4.99 Å². The highest BCUT2D eigenvalue weighted by Gasteiger charge is 2.20. The Hall–Kier alpha value is -1.61. The molecule has 0 spiro atoms.